The lowest BCUT2D eigenvalue weighted by molar-refractivity contribution is -0.138. The van der Waals surface area contributed by atoms with Gasteiger partial charge in [0.05, 0.1) is 17.5 Å². The highest BCUT2D eigenvalue weighted by molar-refractivity contribution is 5.79. The molecule has 22 heavy (non-hydrogen) atoms. The van der Waals surface area contributed by atoms with Gasteiger partial charge in [-0.25, -0.2) is 9.38 Å². The molecule has 116 valence electrons. The fourth-order valence-corrected chi connectivity index (χ4v) is 2.75. The van der Waals surface area contributed by atoms with Crippen LogP contribution in [0.3, 0.4) is 0 Å². The van der Waals surface area contributed by atoms with Gasteiger partial charge in [-0.15, -0.1) is 0 Å². The highest BCUT2D eigenvalue weighted by atomic mass is 19.4. The number of H-pyrrole nitrogens is 1. The van der Waals surface area contributed by atoms with E-state index in [0.29, 0.717) is 11.0 Å². The smallest absolute Gasteiger partial charge is 0.328 e. The van der Waals surface area contributed by atoms with Crippen molar-refractivity contribution in [3.63, 3.8) is 0 Å². The van der Waals surface area contributed by atoms with Gasteiger partial charge in [0.25, 0.3) is 5.56 Å². The molecule has 0 bridgehead atoms. The molecule has 4 nitrogen and oxygen atoms in total. The number of aromatic nitrogens is 3. The minimum absolute atomic E-state index is 0.265. The van der Waals surface area contributed by atoms with Crippen molar-refractivity contribution in [3.8, 4) is 0 Å². The summed E-state index contributed by atoms with van der Waals surface area (Å²) in [5.74, 6) is -0.571. The standard InChI is InChI=1S/C15H14F3N3O/c1-8(7-15(16,17)18)12-9(2)13(22)21-11-6-4-3-5-10(11)19-14(21)20-12/h3-6,8H,7H2,1-2H3,(H,19,20)/t8-/m0/s1. The van der Waals surface area contributed by atoms with Gasteiger partial charge in [0.1, 0.15) is 0 Å². The number of para-hydroxylation sites is 2. The fourth-order valence-electron chi connectivity index (χ4n) is 2.75. The molecule has 2 aromatic heterocycles. The number of rotatable bonds is 2. The molecule has 1 atom stereocenters. The zero-order valence-corrected chi connectivity index (χ0v) is 12.0. The molecule has 0 aliphatic heterocycles. The maximum absolute atomic E-state index is 12.6. The second kappa shape index (κ2) is 4.86. The van der Waals surface area contributed by atoms with Crippen LogP contribution in [0.15, 0.2) is 29.1 Å². The summed E-state index contributed by atoms with van der Waals surface area (Å²) in [4.78, 5) is 19.7. The molecule has 3 rings (SSSR count). The molecule has 7 heteroatoms. The summed E-state index contributed by atoms with van der Waals surface area (Å²) in [6.45, 7) is 2.99. The maximum Gasteiger partial charge on any atom is 0.389 e. The third-order valence-electron chi connectivity index (χ3n) is 3.77. The second-order valence-electron chi connectivity index (χ2n) is 5.45. The summed E-state index contributed by atoms with van der Waals surface area (Å²) in [6.07, 6.45) is -5.27. The van der Waals surface area contributed by atoms with Crippen LogP contribution in [0.5, 0.6) is 0 Å². The topological polar surface area (TPSA) is 50.2 Å². The quantitative estimate of drug-likeness (QED) is 0.787. The number of hydrogen-bond acceptors (Lipinski definition) is 2. The highest BCUT2D eigenvalue weighted by Gasteiger charge is 2.32. The largest absolute Gasteiger partial charge is 0.389 e. The third-order valence-corrected chi connectivity index (χ3v) is 3.77. The minimum Gasteiger partial charge on any atom is -0.328 e. The Morgan fingerprint density at radius 2 is 2.00 bits per heavy atom. The zero-order valence-electron chi connectivity index (χ0n) is 12.0. The first-order chi connectivity index (χ1) is 10.3. The molecule has 0 aliphatic rings. The van der Waals surface area contributed by atoms with Gasteiger partial charge in [0.2, 0.25) is 5.78 Å². The molecular formula is C15H14F3N3O. The molecule has 1 aromatic carbocycles. The van der Waals surface area contributed by atoms with Crippen molar-refractivity contribution in [1.29, 1.82) is 0 Å². The molecule has 0 unspecified atom stereocenters. The summed E-state index contributed by atoms with van der Waals surface area (Å²) >= 11 is 0. The van der Waals surface area contributed by atoms with E-state index in [-0.39, 0.29) is 22.6 Å². The van der Waals surface area contributed by atoms with Crippen molar-refractivity contribution in [3.05, 3.63) is 45.9 Å². The Kier molecular flexibility index (Phi) is 3.23. The molecule has 0 saturated heterocycles. The van der Waals surface area contributed by atoms with Crippen LogP contribution >= 0.6 is 0 Å². The number of halogens is 3. The summed E-state index contributed by atoms with van der Waals surface area (Å²) < 4.78 is 39.2. The van der Waals surface area contributed by atoms with E-state index in [1.54, 1.807) is 24.3 Å². The normalized spacial score (nSPS) is 13.9. The van der Waals surface area contributed by atoms with E-state index in [1.807, 2.05) is 0 Å². The maximum atomic E-state index is 12.6. The number of nitrogens with one attached hydrogen (secondary N) is 1. The van der Waals surface area contributed by atoms with Crippen LogP contribution in [0.25, 0.3) is 16.8 Å². The van der Waals surface area contributed by atoms with Crippen LogP contribution in [0, 0.1) is 6.92 Å². The van der Waals surface area contributed by atoms with E-state index >= 15 is 0 Å². The lowest BCUT2D eigenvalue weighted by Gasteiger charge is -2.16. The molecule has 2 heterocycles. The molecule has 0 amide bonds. The Bertz CT molecular complexity index is 908. The van der Waals surface area contributed by atoms with Crippen LogP contribution in [0.2, 0.25) is 0 Å². The summed E-state index contributed by atoms with van der Waals surface area (Å²) in [5, 5.41) is 0. The molecule has 1 N–H and O–H groups in total. The van der Waals surface area contributed by atoms with Crippen LogP contribution in [0.1, 0.15) is 30.5 Å². The van der Waals surface area contributed by atoms with E-state index in [0.717, 1.165) is 0 Å². The highest BCUT2D eigenvalue weighted by Crippen LogP contribution is 2.31. The van der Waals surface area contributed by atoms with Gasteiger partial charge in [-0.2, -0.15) is 13.2 Å². The average molecular weight is 309 g/mol. The van der Waals surface area contributed by atoms with Gasteiger partial charge in [-0.05, 0) is 19.1 Å². The van der Waals surface area contributed by atoms with Crippen molar-refractivity contribution < 1.29 is 13.2 Å². The lowest BCUT2D eigenvalue weighted by Crippen LogP contribution is -2.22. The molecule has 0 radical (unpaired) electrons. The Morgan fingerprint density at radius 1 is 1.32 bits per heavy atom. The van der Waals surface area contributed by atoms with Crippen molar-refractivity contribution in [2.75, 3.05) is 0 Å². The SMILES string of the molecule is Cc1c([C@@H](C)CC(F)(F)F)[nH]c2nc3ccccc3n2c1=O. The number of fused-ring (bicyclic) bond motifs is 3. The predicted molar refractivity (Wildman–Crippen MR) is 77.1 cm³/mol. The number of imidazole rings is 1. The Labute approximate surface area is 123 Å². The van der Waals surface area contributed by atoms with Crippen molar-refractivity contribution in [2.45, 2.75) is 32.4 Å². The van der Waals surface area contributed by atoms with Crippen LogP contribution < -0.4 is 5.56 Å². The molecule has 0 fully saturated rings. The van der Waals surface area contributed by atoms with Crippen LogP contribution in [-0.2, 0) is 0 Å². The van der Waals surface area contributed by atoms with Crippen molar-refractivity contribution in [2.24, 2.45) is 0 Å². The number of benzene rings is 1. The third kappa shape index (κ3) is 2.36. The van der Waals surface area contributed by atoms with Gasteiger partial charge in [-0.3, -0.25) is 4.79 Å². The lowest BCUT2D eigenvalue weighted by atomic mass is 10.00. The zero-order chi connectivity index (χ0) is 16.1. The van der Waals surface area contributed by atoms with Crippen molar-refractivity contribution in [1.82, 2.24) is 14.4 Å². The average Bonchev–Trinajstić information content (AvgIpc) is 2.79. The minimum atomic E-state index is -4.28. The van der Waals surface area contributed by atoms with E-state index in [2.05, 4.69) is 9.97 Å². The molecule has 0 aliphatic carbocycles. The number of hydrogen-bond donors (Lipinski definition) is 1. The molecule has 0 spiro atoms. The monoisotopic (exact) mass is 309 g/mol. The van der Waals surface area contributed by atoms with Gasteiger partial charge >= 0.3 is 6.18 Å². The van der Waals surface area contributed by atoms with Crippen molar-refractivity contribution >= 4 is 16.8 Å². The predicted octanol–water partition coefficient (Wildman–Crippen LogP) is 3.54. The number of alkyl halides is 3. The Balaban J connectivity index is 2.24. The molecular weight excluding hydrogens is 295 g/mol. The number of aromatic amines is 1. The van der Waals surface area contributed by atoms with E-state index < -0.39 is 18.5 Å². The van der Waals surface area contributed by atoms with Gasteiger partial charge in [0.15, 0.2) is 0 Å². The first-order valence-electron chi connectivity index (χ1n) is 6.84. The van der Waals surface area contributed by atoms with Gasteiger partial charge < -0.3 is 4.98 Å². The van der Waals surface area contributed by atoms with E-state index in [1.165, 1.54) is 18.2 Å². The van der Waals surface area contributed by atoms with Gasteiger partial charge in [0, 0.05) is 17.2 Å². The van der Waals surface area contributed by atoms with Crippen LogP contribution in [0.4, 0.5) is 13.2 Å². The van der Waals surface area contributed by atoms with E-state index in [4.69, 9.17) is 0 Å². The first kappa shape index (κ1) is 14.6. The van der Waals surface area contributed by atoms with E-state index in [9.17, 15) is 18.0 Å². The first-order valence-corrected chi connectivity index (χ1v) is 6.84. The summed E-state index contributed by atoms with van der Waals surface area (Å²) in [7, 11) is 0. The molecule has 3 aromatic rings. The fraction of sp³-hybridized carbons (Fsp3) is 0.333. The molecule has 0 saturated carbocycles. The summed E-state index contributed by atoms with van der Waals surface area (Å²) in [6, 6.07) is 7.08. The van der Waals surface area contributed by atoms with Gasteiger partial charge in [-0.1, -0.05) is 19.1 Å². The summed E-state index contributed by atoms with van der Waals surface area (Å²) in [5.41, 5.74) is 1.48. The number of nitrogens with zero attached hydrogens (tertiary/aromatic N) is 2. The Morgan fingerprint density at radius 3 is 2.68 bits per heavy atom. The van der Waals surface area contributed by atoms with Crippen LogP contribution in [-0.4, -0.2) is 20.5 Å². The Hall–Kier alpha value is -2.31. The second-order valence-corrected chi connectivity index (χ2v) is 5.45.